The molecule has 0 saturated carbocycles. The molecule has 1 fully saturated rings. The van der Waals surface area contributed by atoms with Crippen LogP contribution in [-0.2, 0) is 12.8 Å². The Morgan fingerprint density at radius 2 is 2.00 bits per heavy atom. The lowest BCUT2D eigenvalue weighted by atomic mass is 10.0. The molecule has 0 spiro atoms. The van der Waals surface area contributed by atoms with E-state index in [9.17, 15) is 5.26 Å². The first-order valence-electron chi connectivity index (χ1n) is 7.69. The van der Waals surface area contributed by atoms with Gasteiger partial charge in [-0.3, -0.25) is 0 Å². The molecule has 0 amide bonds. The summed E-state index contributed by atoms with van der Waals surface area (Å²) >= 11 is 2.00. The molecule has 114 valence electrons. The van der Waals surface area contributed by atoms with Gasteiger partial charge in [0.15, 0.2) is 5.82 Å². The summed E-state index contributed by atoms with van der Waals surface area (Å²) in [5.74, 6) is 1.85. The van der Waals surface area contributed by atoms with Gasteiger partial charge in [0.1, 0.15) is 11.6 Å². The number of hydrogen-bond acceptors (Lipinski definition) is 5. The maximum Gasteiger partial charge on any atom is 0.169 e. The van der Waals surface area contributed by atoms with E-state index in [0.29, 0.717) is 4.75 Å². The van der Waals surface area contributed by atoms with E-state index in [2.05, 4.69) is 48.9 Å². The number of aromatic nitrogens is 2. The topological polar surface area (TPSA) is 52.8 Å². The Morgan fingerprint density at radius 1 is 1.24 bits per heavy atom. The van der Waals surface area contributed by atoms with Crippen LogP contribution in [0.1, 0.15) is 50.9 Å². The molecule has 0 radical (unpaired) electrons. The van der Waals surface area contributed by atoms with Crippen molar-refractivity contribution in [2.75, 3.05) is 23.7 Å². The lowest BCUT2D eigenvalue weighted by Gasteiger charge is -2.24. The first-order chi connectivity index (χ1) is 10.0. The van der Waals surface area contributed by atoms with Crippen molar-refractivity contribution >= 4 is 17.6 Å². The second-order valence-electron chi connectivity index (χ2n) is 5.99. The Labute approximate surface area is 131 Å². The highest BCUT2D eigenvalue weighted by Crippen LogP contribution is 2.33. The Morgan fingerprint density at radius 3 is 2.62 bits per heavy atom. The predicted molar refractivity (Wildman–Crippen MR) is 88.9 cm³/mol. The molecule has 1 aromatic rings. The Kier molecular flexibility index (Phi) is 5.10. The van der Waals surface area contributed by atoms with Crippen LogP contribution < -0.4 is 4.90 Å². The Bertz CT molecular complexity index is 548. The highest BCUT2D eigenvalue weighted by Gasteiger charge is 2.26. The van der Waals surface area contributed by atoms with Crippen molar-refractivity contribution in [3.63, 3.8) is 0 Å². The summed E-state index contributed by atoms with van der Waals surface area (Å²) in [7, 11) is 0. The highest BCUT2D eigenvalue weighted by atomic mass is 32.2. The van der Waals surface area contributed by atoms with Gasteiger partial charge >= 0.3 is 0 Å². The largest absolute Gasteiger partial charge is 0.353 e. The van der Waals surface area contributed by atoms with Gasteiger partial charge in [0.05, 0.1) is 5.69 Å². The molecule has 5 heteroatoms. The van der Waals surface area contributed by atoms with E-state index in [1.165, 1.54) is 0 Å². The third-order valence-corrected chi connectivity index (χ3v) is 5.45. The normalized spacial score (nSPS) is 18.1. The lowest BCUT2D eigenvalue weighted by molar-refractivity contribution is 0.632. The van der Waals surface area contributed by atoms with Crippen LogP contribution in [0.5, 0.6) is 0 Å². The molecule has 4 nitrogen and oxygen atoms in total. The van der Waals surface area contributed by atoms with Crippen LogP contribution in [-0.4, -0.2) is 33.8 Å². The Balaban J connectivity index is 2.38. The van der Waals surface area contributed by atoms with E-state index in [0.717, 1.165) is 60.7 Å². The van der Waals surface area contributed by atoms with Crippen LogP contribution in [0.25, 0.3) is 0 Å². The molecule has 1 aliphatic rings. The molecule has 0 aliphatic carbocycles. The van der Waals surface area contributed by atoms with Gasteiger partial charge in [0, 0.05) is 23.6 Å². The fraction of sp³-hybridized carbons (Fsp3) is 0.688. The van der Waals surface area contributed by atoms with Gasteiger partial charge in [-0.25, -0.2) is 0 Å². The van der Waals surface area contributed by atoms with Gasteiger partial charge in [0.2, 0.25) is 0 Å². The number of aryl methyl sites for hydroxylation is 1. The smallest absolute Gasteiger partial charge is 0.169 e. The van der Waals surface area contributed by atoms with Crippen LogP contribution >= 0.6 is 11.8 Å². The second kappa shape index (κ2) is 6.65. The number of thioether (sulfide) groups is 1. The summed E-state index contributed by atoms with van der Waals surface area (Å²) in [4.78, 5) is 2.24. The summed E-state index contributed by atoms with van der Waals surface area (Å²) < 4.78 is 0.298. The minimum Gasteiger partial charge on any atom is -0.353 e. The molecule has 0 aromatic carbocycles. The van der Waals surface area contributed by atoms with Gasteiger partial charge in [-0.05, 0) is 24.8 Å². The lowest BCUT2D eigenvalue weighted by Crippen LogP contribution is -2.29. The summed E-state index contributed by atoms with van der Waals surface area (Å²) in [6, 6.07) is 2.38. The van der Waals surface area contributed by atoms with Crippen molar-refractivity contribution in [1.82, 2.24) is 10.2 Å². The molecular weight excluding hydrogens is 280 g/mol. The monoisotopic (exact) mass is 304 g/mol. The van der Waals surface area contributed by atoms with E-state index in [1.807, 2.05) is 11.8 Å². The van der Waals surface area contributed by atoms with Crippen LogP contribution in [0.4, 0.5) is 5.82 Å². The quantitative estimate of drug-likeness (QED) is 0.858. The van der Waals surface area contributed by atoms with Gasteiger partial charge in [-0.1, -0.05) is 27.7 Å². The van der Waals surface area contributed by atoms with E-state index in [4.69, 9.17) is 0 Å². The minimum atomic E-state index is 0.298. The number of nitrogens with zero attached hydrogens (tertiary/aromatic N) is 4. The van der Waals surface area contributed by atoms with Crippen molar-refractivity contribution in [2.24, 2.45) is 0 Å². The summed E-state index contributed by atoms with van der Waals surface area (Å²) in [6.45, 7) is 10.6. The Hall–Kier alpha value is -1.28. The average molecular weight is 304 g/mol. The summed E-state index contributed by atoms with van der Waals surface area (Å²) in [5, 5.41) is 18.4. The zero-order valence-corrected chi connectivity index (χ0v) is 14.3. The summed E-state index contributed by atoms with van der Waals surface area (Å²) in [6.07, 6.45) is 2.76. The van der Waals surface area contributed by atoms with E-state index < -0.39 is 0 Å². The molecule has 0 bridgehead atoms. The average Bonchev–Trinajstić information content (AvgIpc) is 2.66. The van der Waals surface area contributed by atoms with Gasteiger partial charge in [-0.2, -0.15) is 22.1 Å². The second-order valence-corrected chi connectivity index (χ2v) is 7.79. The van der Waals surface area contributed by atoms with E-state index in [-0.39, 0.29) is 0 Å². The summed E-state index contributed by atoms with van der Waals surface area (Å²) in [5.41, 5.74) is 2.76. The van der Waals surface area contributed by atoms with Gasteiger partial charge < -0.3 is 4.90 Å². The number of hydrogen-bond donors (Lipinski definition) is 0. The number of anilines is 1. The first-order valence-corrected chi connectivity index (χ1v) is 8.68. The standard InChI is InChI=1S/C16H24N4S/c1-5-12-13(11-17)15(19-18-14(12)6-2)20-8-7-16(3,4)21-10-9-20/h5-10H2,1-4H3. The molecule has 0 unspecified atom stereocenters. The molecule has 2 rings (SSSR count). The third-order valence-electron chi connectivity index (χ3n) is 4.08. The van der Waals surface area contributed by atoms with Crippen LogP contribution in [0.3, 0.4) is 0 Å². The number of rotatable bonds is 3. The predicted octanol–water partition coefficient (Wildman–Crippen LogP) is 3.19. The maximum atomic E-state index is 9.60. The SMILES string of the molecule is CCc1nnc(N2CCSC(C)(C)CC2)c(C#N)c1CC. The minimum absolute atomic E-state index is 0.298. The number of nitriles is 1. The van der Waals surface area contributed by atoms with Crippen molar-refractivity contribution in [2.45, 2.75) is 51.7 Å². The molecule has 1 saturated heterocycles. The van der Waals surface area contributed by atoms with Crippen LogP contribution in [0, 0.1) is 11.3 Å². The molecule has 1 aromatic heterocycles. The molecule has 1 aliphatic heterocycles. The molecule has 0 N–H and O–H groups in total. The van der Waals surface area contributed by atoms with Crippen molar-refractivity contribution < 1.29 is 0 Å². The third kappa shape index (κ3) is 3.49. The molecule has 21 heavy (non-hydrogen) atoms. The zero-order valence-electron chi connectivity index (χ0n) is 13.4. The molecular formula is C16H24N4S. The van der Waals surface area contributed by atoms with E-state index in [1.54, 1.807) is 0 Å². The van der Waals surface area contributed by atoms with Gasteiger partial charge in [0.25, 0.3) is 0 Å². The van der Waals surface area contributed by atoms with Crippen molar-refractivity contribution in [1.29, 1.82) is 5.26 Å². The fourth-order valence-corrected chi connectivity index (χ4v) is 3.83. The highest BCUT2D eigenvalue weighted by molar-refractivity contribution is 8.00. The van der Waals surface area contributed by atoms with Crippen LogP contribution in [0.15, 0.2) is 0 Å². The van der Waals surface area contributed by atoms with Gasteiger partial charge in [-0.15, -0.1) is 5.10 Å². The molecule has 2 heterocycles. The zero-order chi connectivity index (χ0) is 15.5. The van der Waals surface area contributed by atoms with Crippen molar-refractivity contribution in [3.05, 3.63) is 16.8 Å². The van der Waals surface area contributed by atoms with Crippen LogP contribution in [0.2, 0.25) is 0 Å². The van der Waals surface area contributed by atoms with Crippen molar-refractivity contribution in [3.8, 4) is 6.07 Å². The first kappa shape index (κ1) is 16.1. The molecule has 0 atom stereocenters. The fourth-order valence-electron chi connectivity index (χ4n) is 2.73. The maximum absolute atomic E-state index is 9.60. The van der Waals surface area contributed by atoms with E-state index >= 15 is 0 Å².